The van der Waals surface area contributed by atoms with Crippen LogP contribution in [-0.2, 0) is 9.53 Å². The molecule has 3 heterocycles. The fourth-order valence-corrected chi connectivity index (χ4v) is 4.33. The maximum atomic E-state index is 12.4. The molecule has 3 rings (SSSR count). The van der Waals surface area contributed by atoms with E-state index < -0.39 is 0 Å². The Morgan fingerprint density at radius 2 is 1.88 bits per heavy atom. The maximum absolute atomic E-state index is 12.4. The van der Waals surface area contributed by atoms with Crippen molar-refractivity contribution in [3.63, 3.8) is 0 Å². The number of nitrogens with zero attached hydrogens (tertiary/aromatic N) is 2. The molecule has 2 fully saturated rings. The number of ether oxygens (including phenoxy) is 1. The zero-order valence-corrected chi connectivity index (χ0v) is 15.6. The van der Waals surface area contributed by atoms with Crippen molar-refractivity contribution in [2.45, 2.75) is 32.1 Å². The van der Waals surface area contributed by atoms with Gasteiger partial charge in [0.1, 0.15) is 0 Å². The molecule has 0 bridgehead atoms. The molecule has 5 nitrogen and oxygen atoms in total. The van der Waals surface area contributed by atoms with Crippen LogP contribution < -0.4 is 0 Å². The first-order valence-electron chi connectivity index (χ1n) is 9.37. The highest BCUT2D eigenvalue weighted by molar-refractivity contribution is 7.12. The van der Waals surface area contributed by atoms with Gasteiger partial charge in [-0.25, -0.2) is 0 Å². The van der Waals surface area contributed by atoms with Gasteiger partial charge in [-0.2, -0.15) is 0 Å². The lowest BCUT2D eigenvalue weighted by Gasteiger charge is -2.36. The van der Waals surface area contributed by atoms with Gasteiger partial charge in [-0.1, -0.05) is 6.07 Å². The first-order valence-corrected chi connectivity index (χ1v) is 10.2. The number of hydrogen-bond acceptors (Lipinski definition) is 5. The Hall–Kier alpha value is -1.24. The normalized spacial score (nSPS) is 19.9. The third-order valence-corrected chi connectivity index (χ3v) is 6.09. The number of amides is 1. The molecule has 0 aromatic carbocycles. The molecule has 6 heteroatoms. The highest BCUT2D eigenvalue weighted by atomic mass is 32.1. The van der Waals surface area contributed by atoms with Gasteiger partial charge in [0.15, 0.2) is 5.78 Å². The number of Topliss-reactive ketones (excluding diaryl/α,β-unsaturated/α-hetero) is 1. The van der Waals surface area contributed by atoms with Crippen LogP contribution in [0.1, 0.15) is 41.8 Å². The van der Waals surface area contributed by atoms with E-state index in [1.165, 1.54) is 11.3 Å². The van der Waals surface area contributed by atoms with Crippen LogP contribution in [0.2, 0.25) is 0 Å². The minimum Gasteiger partial charge on any atom is -0.379 e. The van der Waals surface area contributed by atoms with Crippen LogP contribution in [-0.4, -0.2) is 67.4 Å². The second kappa shape index (κ2) is 9.46. The standard InChI is InChI=1S/C19H28N2O3S/c22-17(18-4-2-14-25-18)3-1-5-19(23)21-8-6-16(7-9-21)15-20-10-12-24-13-11-20/h2,4,14,16H,1,3,5-13,15H2. The van der Waals surface area contributed by atoms with E-state index in [-0.39, 0.29) is 11.7 Å². The van der Waals surface area contributed by atoms with Crippen LogP contribution >= 0.6 is 11.3 Å². The van der Waals surface area contributed by atoms with E-state index in [1.807, 2.05) is 22.4 Å². The van der Waals surface area contributed by atoms with Gasteiger partial charge >= 0.3 is 0 Å². The number of carbonyl (C=O) groups excluding carboxylic acids is 2. The fraction of sp³-hybridized carbons (Fsp3) is 0.684. The van der Waals surface area contributed by atoms with Crippen molar-refractivity contribution in [1.29, 1.82) is 0 Å². The molecule has 0 unspecified atom stereocenters. The molecule has 0 aliphatic carbocycles. The molecule has 1 amide bonds. The van der Waals surface area contributed by atoms with Gasteiger partial charge in [0.05, 0.1) is 18.1 Å². The molecule has 2 aliphatic rings. The lowest BCUT2D eigenvalue weighted by atomic mass is 9.95. The minimum absolute atomic E-state index is 0.159. The summed E-state index contributed by atoms with van der Waals surface area (Å²) in [5, 5.41) is 1.92. The van der Waals surface area contributed by atoms with Crippen molar-refractivity contribution in [3.8, 4) is 0 Å². The third kappa shape index (κ3) is 5.62. The monoisotopic (exact) mass is 364 g/mol. The number of carbonyl (C=O) groups is 2. The zero-order valence-electron chi connectivity index (χ0n) is 14.8. The smallest absolute Gasteiger partial charge is 0.222 e. The van der Waals surface area contributed by atoms with Crippen molar-refractivity contribution < 1.29 is 14.3 Å². The Bertz CT molecular complexity index is 547. The SMILES string of the molecule is O=C(CCCC(=O)N1CCC(CN2CCOCC2)CC1)c1cccs1. The summed E-state index contributed by atoms with van der Waals surface area (Å²) in [7, 11) is 0. The summed E-state index contributed by atoms with van der Waals surface area (Å²) in [4.78, 5) is 29.6. The molecule has 1 aromatic heterocycles. The van der Waals surface area contributed by atoms with Crippen LogP contribution in [0, 0.1) is 5.92 Å². The second-order valence-electron chi connectivity index (χ2n) is 6.99. The second-order valence-corrected chi connectivity index (χ2v) is 7.94. The Balaban J connectivity index is 1.32. The number of thiophene rings is 1. The molecule has 0 atom stereocenters. The van der Waals surface area contributed by atoms with E-state index in [9.17, 15) is 9.59 Å². The highest BCUT2D eigenvalue weighted by Crippen LogP contribution is 2.20. The Morgan fingerprint density at radius 1 is 1.12 bits per heavy atom. The Kier molecular flexibility index (Phi) is 7.02. The fourth-order valence-electron chi connectivity index (χ4n) is 3.63. The van der Waals surface area contributed by atoms with Crippen LogP contribution in [0.5, 0.6) is 0 Å². The van der Waals surface area contributed by atoms with E-state index in [4.69, 9.17) is 4.74 Å². The van der Waals surface area contributed by atoms with Gasteiger partial charge in [0, 0.05) is 45.6 Å². The van der Waals surface area contributed by atoms with Crippen molar-refractivity contribution in [3.05, 3.63) is 22.4 Å². The average molecular weight is 365 g/mol. The van der Waals surface area contributed by atoms with E-state index in [0.717, 1.165) is 63.7 Å². The number of hydrogen-bond donors (Lipinski definition) is 0. The van der Waals surface area contributed by atoms with Crippen LogP contribution in [0.4, 0.5) is 0 Å². The minimum atomic E-state index is 0.159. The number of ketones is 1. The largest absolute Gasteiger partial charge is 0.379 e. The van der Waals surface area contributed by atoms with Crippen molar-refractivity contribution in [2.24, 2.45) is 5.92 Å². The summed E-state index contributed by atoms with van der Waals surface area (Å²) in [5.41, 5.74) is 0. The molecule has 0 N–H and O–H groups in total. The van der Waals surface area contributed by atoms with Gasteiger partial charge in [-0.3, -0.25) is 14.5 Å². The molecular formula is C19H28N2O3S. The van der Waals surface area contributed by atoms with E-state index >= 15 is 0 Å². The zero-order chi connectivity index (χ0) is 17.5. The van der Waals surface area contributed by atoms with Gasteiger partial charge < -0.3 is 9.64 Å². The quantitative estimate of drug-likeness (QED) is 0.698. The van der Waals surface area contributed by atoms with Crippen LogP contribution in [0.15, 0.2) is 17.5 Å². The van der Waals surface area contributed by atoms with Gasteiger partial charge in [-0.05, 0) is 36.6 Å². The summed E-state index contributed by atoms with van der Waals surface area (Å²) in [5.74, 6) is 1.07. The number of likely N-dealkylation sites (tertiary alicyclic amines) is 1. The molecule has 2 saturated heterocycles. The van der Waals surface area contributed by atoms with Crippen molar-refractivity contribution in [1.82, 2.24) is 9.80 Å². The van der Waals surface area contributed by atoms with Crippen LogP contribution in [0.25, 0.3) is 0 Å². The predicted octanol–water partition coefficient (Wildman–Crippen LogP) is 2.67. The van der Waals surface area contributed by atoms with E-state index in [2.05, 4.69) is 4.90 Å². The van der Waals surface area contributed by atoms with Crippen LogP contribution in [0.3, 0.4) is 0 Å². The molecular weight excluding hydrogens is 336 g/mol. The van der Waals surface area contributed by atoms with Gasteiger partial charge in [0.2, 0.25) is 5.91 Å². The average Bonchev–Trinajstić information content (AvgIpc) is 3.18. The van der Waals surface area contributed by atoms with E-state index in [1.54, 1.807) is 0 Å². The summed E-state index contributed by atoms with van der Waals surface area (Å²) < 4.78 is 5.40. The molecule has 25 heavy (non-hydrogen) atoms. The molecule has 1 aromatic rings. The summed E-state index contributed by atoms with van der Waals surface area (Å²) in [6.07, 6.45) is 3.81. The van der Waals surface area contributed by atoms with Gasteiger partial charge in [-0.15, -0.1) is 11.3 Å². The number of rotatable bonds is 7. The lowest BCUT2D eigenvalue weighted by molar-refractivity contribution is -0.132. The number of piperidine rings is 1. The molecule has 2 aliphatic heterocycles. The summed E-state index contributed by atoms with van der Waals surface area (Å²) >= 11 is 1.48. The van der Waals surface area contributed by atoms with Crippen molar-refractivity contribution in [2.75, 3.05) is 45.9 Å². The Labute approximate surface area is 153 Å². The predicted molar refractivity (Wildman–Crippen MR) is 99.1 cm³/mol. The summed E-state index contributed by atoms with van der Waals surface area (Å²) in [6, 6.07) is 3.75. The Morgan fingerprint density at radius 3 is 2.56 bits per heavy atom. The molecule has 0 spiro atoms. The number of morpholine rings is 1. The first kappa shape index (κ1) is 18.5. The topological polar surface area (TPSA) is 49.9 Å². The molecule has 0 radical (unpaired) electrons. The van der Waals surface area contributed by atoms with Crippen molar-refractivity contribution >= 4 is 23.0 Å². The molecule has 0 saturated carbocycles. The lowest BCUT2D eigenvalue weighted by Crippen LogP contribution is -2.44. The van der Waals surface area contributed by atoms with E-state index in [0.29, 0.717) is 25.2 Å². The highest BCUT2D eigenvalue weighted by Gasteiger charge is 2.24. The summed E-state index contributed by atoms with van der Waals surface area (Å²) in [6.45, 7) is 6.65. The van der Waals surface area contributed by atoms with Gasteiger partial charge in [0.25, 0.3) is 0 Å². The maximum Gasteiger partial charge on any atom is 0.222 e. The molecule has 138 valence electrons. The first-order chi connectivity index (χ1) is 12.2. The third-order valence-electron chi connectivity index (χ3n) is 5.18.